The fourth-order valence-electron chi connectivity index (χ4n) is 1.87. The Morgan fingerprint density at radius 1 is 1.35 bits per heavy atom. The van der Waals surface area contributed by atoms with Crippen LogP contribution in [0.1, 0.15) is 22.8 Å². The number of carbonyl (C=O) groups excluding carboxylic acids is 1. The molecule has 7 heteroatoms. The molecule has 0 unspecified atom stereocenters. The number of nitro groups is 1. The molecular weight excluding hydrogens is 300 g/mol. The molecule has 23 heavy (non-hydrogen) atoms. The molecule has 0 bridgehead atoms. The second-order valence-electron chi connectivity index (χ2n) is 4.50. The van der Waals surface area contributed by atoms with Crippen molar-refractivity contribution in [1.82, 2.24) is 0 Å². The first-order valence-electron chi connectivity index (χ1n) is 6.80. The van der Waals surface area contributed by atoms with Crippen LogP contribution in [0.5, 0.6) is 5.75 Å². The van der Waals surface area contributed by atoms with E-state index >= 15 is 0 Å². The van der Waals surface area contributed by atoms with Crippen LogP contribution in [0.4, 0.5) is 11.4 Å². The molecule has 1 N–H and O–H groups in total. The summed E-state index contributed by atoms with van der Waals surface area (Å²) in [6.45, 7) is 1.98. The molecule has 2 aromatic rings. The van der Waals surface area contributed by atoms with Gasteiger partial charge in [0.1, 0.15) is 0 Å². The van der Waals surface area contributed by atoms with Crippen LogP contribution in [0, 0.1) is 10.1 Å². The number of rotatable bonds is 5. The lowest BCUT2D eigenvalue weighted by Gasteiger charge is -2.02. The number of nitrogens with zero attached hydrogens (tertiary/aromatic N) is 2. The van der Waals surface area contributed by atoms with Crippen LogP contribution in [-0.4, -0.2) is 28.8 Å². The van der Waals surface area contributed by atoms with Gasteiger partial charge >= 0.3 is 11.7 Å². The van der Waals surface area contributed by atoms with E-state index in [-0.39, 0.29) is 12.2 Å². The highest BCUT2D eigenvalue weighted by atomic mass is 16.6. The van der Waals surface area contributed by atoms with Crippen molar-refractivity contribution in [3.8, 4) is 5.75 Å². The van der Waals surface area contributed by atoms with Gasteiger partial charge < -0.3 is 9.84 Å². The number of nitro benzene ring substituents is 1. The van der Waals surface area contributed by atoms with Gasteiger partial charge in [0, 0.05) is 17.8 Å². The SMILES string of the molecule is CCOC(=O)c1cccc(N=Cc2cccc([N+](=O)[O-])c2O)c1. The zero-order valence-electron chi connectivity index (χ0n) is 12.3. The molecule has 118 valence electrons. The Morgan fingerprint density at radius 3 is 2.78 bits per heavy atom. The van der Waals surface area contributed by atoms with Crippen LogP contribution < -0.4 is 0 Å². The van der Waals surface area contributed by atoms with Gasteiger partial charge in [-0.2, -0.15) is 0 Å². The summed E-state index contributed by atoms with van der Waals surface area (Å²) in [4.78, 5) is 25.9. The van der Waals surface area contributed by atoms with Crippen molar-refractivity contribution in [2.24, 2.45) is 4.99 Å². The molecule has 0 aliphatic rings. The van der Waals surface area contributed by atoms with Crippen LogP contribution in [0.15, 0.2) is 47.5 Å². The highest BCUT2D eigenvalue weighted by Crippen LogP contribution is 2.28. The molecule has 2 rings (SSSR count). The van der Waals surface area contributed by atoms with Gasteiger partial charge in [-0.3, -0.25) is 15.1 Å². The van der Waals surface area contributed by atoms with Gasteiger partial charge in [0.05, 0.1) is 22.8 Å². The monoisotopic (exact) mass is 314 g/mol. The molecule has 0 fully saturated rings. The first-order valence-corrected chi connectivity index (χ1v) is 6.80. The van der Waals surface area contributed by atoms with Crippen LogP contribution in [0.2, 0.25) is 0 Å². The summed E-state index contributed by atoms with van der Waals surface area (Å²) in [5.41, 5.74) is 0.626. The number of para-hydroxylation sites is 1. The summed E-state index contributed by atoms with van der Waals surface area (Å²) in [7, 11) is 0. The molecule has 7 nitrogen and oxygen atoms in total. The molecule has 0 saturated carbocycles. The fraction of sp³-hybridized carbons (Fsp3) is 0.125. The minimum absolute atomic E-state index is 0.209. The van der Waals surface area contributed by atoms with Gasteiger partial charge in [-0.05, 0) is 31.2 Å². The summed E-state index contributed by atoms with van der Waals surface area (Å²) < 4.78 is 4.90. The lowest BCUT2D eigenvalue weighted by Crippen LogP contribution is -2.03. The molecular formula is C16H14N2O5. The Labute approximate surface area is 132 Å². The number of phenolic OH excluding ortho intramolecular Hbond substituents is 1. The number of benzene rings is 2. The lowest BCUT2D eigenvalue weighted by atomic mass is 10.2. The van der Waals surface area contributed by atoms with Crippen molar-refractivity contribution in [3.63, 3.8) is 0 Å². The van der Waals surface area contributed by atoms with E-state index in [1.165, 1.54) is 30.5 Å². The average Bonchev–Trinajstić information content (AvgIpc) is 2.54. The summed E-state index contributed by atoms with van der Waals surface area (Å²) in [5.74, 6) is -0.912. The maximum atomic E-state index is 11.7. The van der Waals surface area contributed by atoms with E-state index in [9.17, 15) is 20.0 Å². The Bertz CT molecular complexity index is 771. The highest BCUT2D eigenvalue weighted by molar-refractivity contribution is 5.91. The Balaban J connectivity index is 2.27. The topological polar surface area (TPSA) is 102 Å². The van der Waals surface area contributed by atoms with Crippen molar-refractivity contribution in [1.29, 1.82) is 0 Å². The van der Waals surface area contributed by atoms with E-state index in [2.05, 4.69) is 4.99 Å². The van der Waals surface area contributed by atoms with Crippen LogP contribution >= 0.6 is 0 Å². The predicted octanol–water partition coefficient (Wildman–Crippen LogP) is 3.23. The molecule has 0 aliphatic heterocycles. The van der Waals surface area contributed by atoms with Crippen LogP contribution in [0.3, 0.4) is 0 Å². The Morgan fingerprint density at radius 2 is 2.09 bits per heavy atom. The van der Waals surface area contributed by atoms with Crippen molar-refractivity contribution >= 4 is 23.6 Å². The normalized spacial score (nSPS) is 10.7. The van der Waals surface area contributed by atoms with Gasteiger partial charge in [-0.15, -0.1) is 0 Å². The number of hydrogen-bond donors (Lipinski definition) is 1. The van der Waals surface area contributed by atoms with Gasteiger partial charge in [0.2, 0.25) is 5.75 Å². The second kappa shape index (κ2) is 7.17. The molecule has 0 atom stereocenters. The molecule has 0 saturated heterocycles. The number of carbonyl (C=O) groups is 1. The smallest absolute Gasteiger partial charge is 0.338 e. The standard InChI is InChI=1S/C16H14N2O5/c1-2-23-16(20)11-5-3-7-13(9-11)17-10-12-6-4-8-14(15(12)19)18(21)22/h3-10,19H,2H2,1H3. The van der Waals surface area contributed by atoms with E-state index in [0.29, 0.717) is 11.3 Å². The van der Waals surface area contributed by atoms with Crippen molar-refractivity contribution in [3.05, 3.63) is 63.7 Å². The molecule has 0 aliphatic carbocycles. The average molecular weight is 314 g/mol. The van der Waals surface area contributed by atoms with Crippen LogP contribution in [0.25, 0.3) is 0 Å². The Kier molecular flexibility index (Phi) is 5.03. The van der Waals surface area contributed by atoms with Crippen molar-refractivity contribution in [2.45, 2.75) is 6.92 Å². The van der Waals surface area contributed by atoms with E-state index in [1.807, 2.05) is 0 Å². The van der Waals surface area contributed by atoms with Gasteiger partial charge in [-0.1, -0.05) is 12.1 Å². The first-order chi connectivity index (χ1) is 11.0. The number of aromatic hydroxyl groups is 1. The quantitative estimate of drug-likeness (QED) is 0.395. The number of aliphatic imine (C=N–C) groups is 1. The minimum Gasteiger partial charge on any atom is -0.502 e. The third-order valence-electron chi connectivity index (χ3n) is 2.95. The third-order valence-corrected chi connectivity index (χ3v) is 2.95. The second-order valence-corrected chi connectivity index (χ2v) is 4.50. The van der Waals surface area contributed by atoms with E-state index in [4.69, 9.17) is 4.74 Å². The van der Waals surface area contributed by atoms with Crippen molar-refractivity contribution in [2.75, 3.05) is 6.61 Å². The third kappa shape index (κ3) is 3.91. The summed E-state index contributed by atoms with van der Waals surface area (Å²) in [5, 5.41) is 20.6. The summed E-state index contributed by atoms with van der Waals surface area (Å²) >= 11 is 0. The zero-order valence-corrected chi connectivity index (χ0v) is 12.3. The van der Waals surface area contributed by atoms with E-state index in [0.717, 1.165) is 0 Å². The van der Waals surface area contributed by atoms with Gasteiger partial charge in [0.15, 0.2) is 0 Å². The zero-order chi connectivity index (χ0) is 16.8. The number of esters is 1. The molecule has 0 amide bonds. The maximum absolute atomic E-state index is 11.7. The van der Waals surface area contributed by atoms with Crippen molar-refractivity contribution < 1.29 is 19.6 Å². The lowest BCUT2D eigenvalue weighted by molar-refractivity contribution is -0.385. The van der Waals surface area contributed by atoms with Gasteiger partial charge in [-0.25, -0.2) is 4.79 Å². The summed E-state index contributed by atoms with van der Waals surface area (Å²) in [6, 6.07) is 10.6. The molecule has 0 aromatic heterocycles. The van der Waals surface area contributed by atoms with E-state index in [1.54, 1.807) is 25.1 Å². The molecule has 0 spiro atoms. The van der Waals surface area contributed by atoms with Crippen LogP contribution in [-0.2, 0) is 4.74 Å². The number of ether oxygens (including phenoxy) is 1. The predicted molar refractivity (Wildman–Crippen MR) is 84.4 cm³/mol. The Hall–Kier alpha value is -3.22. The first kappa shape index (κ1) is 16.2. The maximum Gasteiger partial charge on any atom is 0.338 e. The fourth-order valence-corrected chi connectivity index (χ4v) is 1.87. The molecule has 2 aromatic carbocycles. The largest absolute Gasteiger partial charge is 0.502 e. The number of hydrogen-bond acceptors (Lipinski definition) is 6. The summed E-state index contributed by atoms with van der Waals surface area (Å²) in [6.07, 6.45) is 1.30. The molecule has 0 radical (unpaired) electrons. The minimum atomic E-state index is -0.673. The molecule has 0 heterocycles. The van der Waals surface area contributed by atoms with E-state index < -0.39 is 22.3 Å². The van der Waals surface area contributed by atoms with Gasteiger partial charge in [0.25, 0.3) is 0 Å². The highest BCUT2D eigenvalue weighted by Gasteiger charge is 2.15. The number of phenols is 1.